The average molecular weight is 423 g/mol. The molecule has 0 atom stereocenters. The Labute approximate surface area is 155 Å². The van der Waals surface area contributed by atoms with Crippen molar-refractivity contribution in [3.63, 3.8) is 0 Å². The minimum absolute atomic E-state index is 0.0592. The van der Waals surface area contributed by atoms with Crippen LogP contribution in [-0.2, 0) is 5.41 Å². The van der Waals surface area contributed by atoms with E-state index in [0.717, 1.165) is 0 Å². The molecule has 1 heterocycles. The van der Waals surface area contributed by atoms with Gasteiger partial charge in [0.15, 0.2) is 0 Å². The molecular formula is C22H18IN. The molecule has 1 aliphatic rings. The number of hydrogen-bond acceptors (Lipinski definition) is 0. The van der Waals surface area contributed by atoms with E-state index in [9.17, 15) is 0 Å². The van der Waals surface area contributed by atoms with Crippen molar-refractivity contribution in [3.05, 3.63) is 71.3 Å². The van der Waals surface area contributed by atoms with Crippen molar-refractivity contribution in [2.75, 3.05) is 0 Å². The maximum atomic E-state index is 2.43. The lowest BCUT2D eigenvalue weighted by Gasteiger charge is -2.21. The molecule has 0 radical (unpaired) electrons. The van der Waals surface area contributed by atoms with Gasteiger partial charge in [-0.15, -0.1) is 0 Å². The molecule has 4 aromatic rings. The molecule has 0 bridgehead atoms. The van der Waals surface area contributed by atoms with Gasteiger partial charge in [0, 0.05) is 16.2 Å². The van der Waals surface area contributed by atoms with Gasteiger partial charge < -0.3 is 0 Å². The fourth-order valence-corrected chi connectivity index (χ4v) is 5.19. The van der Waals surface area contributed by atoms with Crippen LogP contribution in [0.3, 0.4) is 0 Å². The summed E-state index contributed by atoms with van der Waals surface area (Å²) in [7, 11) is 0. The molecule has 0 spiro atoms. The van der Waals surface area contributed by atoms with E-state index in [1.165, 1.54) is 49.6 Å². The average Bonchev–Trinajstić information content (AvgIpc) is 2.98. The van der Waals surface area contributed by atoms with Crippen molar-refractivity contribution in [3.8, 4) is 11.1 Å². The van der Waals surface area contributed by atoms with Crippen molar-refractivity contribution in [1.29, 1.82) is 0 Å². The Bertz CT molecular complexity index is 1150. The van der Waals surface area contributed by atoms with E-state index in [1.54, 1.807) is 0 Å². The lowest BCUT2D eigenvalue weighted by Crippen LogP contribution is -2.14. The van der Waals surface area contributed by atoms with Crippen LogP contribution >= 0.6 is 22.9 Å². The number of nitrogens with zero attached hydrogens (tertiary/aromatic N) is 1. The number of aromatic nitrogens is 1. The van der Waals surface area contributed by atoms with Gasteiger partial charge in [0.25, 0.3) is 0 Å². The molecule has 0 saturated heterocycles. The van der Waals surface area contributed by atoms with Crippen LogP contribution in [-0.4, -0.2) is 2.78 Å². The van der Waals surface area contributed by atoms with E-state index < -0.39 is 0 Å². The minimum atomic E-state index is 0.0592. The zero-order valence-electron chi connectivity index (χ0n) is 14.0. The highest BCUT2D eigenvalue weighted by atomic mass is 127. The number of hydrogen-bond donors (Lipinski definition) is 0. The summed E-state index contributed by atoms with van der Waals surface area (Å²) in [5.41, 5.74) is 9.69. The summed E-state index contributed by atoms with van der Waals surface area (Å²) < 4.78 is 2.30. The third-order valence-electron chi connectivity index (χ3n) is 5.57. The van der Waals surface area contributed by atoms with Crippen LogP contribution in [0, 0.1) is 6.92 Å². The SMILES string of the molecule is Cc1ccc2c(c1)c1c3c(ccc1n2I)C(C)(C)c1ccccc1-3. The van der Waals surface area contributed by atoms with Crippen molar-refractivity contribution in [2.45, 2.75) is 26.2 Å². The maximum absolute atomic E-state index is 2.43. The Morgan fingerprint density at radius 1 is 0.875 bits per heavy atom. The minimum Gasteiger partial charge on any atom is -0.282 e. The van der Waals surface area contributed by atoms with Crippen LogP contribution in [0.25, 0.3) is 32.9 Å². The first kappa shape index (κ1) is 14.5. The molecule has 2 heteroatoms. The molecule has 0 saturated carbocycles. The zero-order valence-corrected chi connectivity index (χ0v) is 16.2. The summed E-state index contributed by atoms with van der Waals surface area (Å²) in [6.45, 7) is 6.87. The van der Waals surface area contributed by atoms with Gasteiger partial charge in [0.05, 0.1) is 33.9 Å². The fraction of sp³-hybridized carbons (Fsp3) is 0.182. The van der Waals surface area contributed by atoms with E-state index in [2.05, 4.69) is 101 Å². The predicted molar refractivity (Wildman–Crippen MR) is 111 cm³/mol. The number of rotatable bonds is 0. The Kier molecular flexibility index (Phi) is 2.80. The Morgan fingerprint density at radius 3 is 2.46 bits per heavy atom. The number of halogens is 1. The van der Waals surface area contributed by atoms with Gasteiger partial charge in [-0.05, 0) is 47.4 Å². The first-order valence-corrected chi connectivity index (χ1v) is 9.31. The molecule has 0 amide bonds. The van der Waals surface area contributed by atoms with E-state index >= 15 is 0 Å². The third-order valence-corrected chi connectivity index (χ3v) is 6.61. The van der Waals surface area contributed by atoms with Crippen LogP contribution in [0.2, 0.25) is 0 Å². The molecule has 1 nitrogen and oxygen atoms in total. The van der Waals surface area contributed by atoms with Gasteiger partial charge in [-0.25, -0.2) is 0 Å². The van der Waals surface area contributed by atoms with Gasteiger partial charge >= 0.3 is 0 Å². The largest absolute Gasteiger partial charge is 0.282 e. The van der Waals surface area contributed by atoms with Gasteiger partial charge in [0.1, 0.15) is 0 Å². The van der Waals surface area contributed by atoms with Crippen LogP contribution < -0.4 is 0 Å². The molecule has 1 aromatic heterocycles. The van der Waals surface area contributed by atoms with Crippen molar-refractivity contribution < 1.29 is 0 Å². The van der Waals surface area contributed by atoms with Crippen LogP contribution in [0.15, 0.2) is 54.6 Å². The maximum Gasteiger partial charge on any atom is 0.0646 e. The highest BCUT2D eigenvalue weighted by Gasteiger charge is 2.36. The highest BCUT2D eigenvalue weighted by Crippen LogP contribution is 2.52. The topological polar surface area (TPSA) is 4.93 Å². The molecule has 3 aromatic carbocycles. The second-order valence-corrected chi connectivity index (χ2v) is 8.32. The van der Waals surface area contributed by atoms with E-state index in [1.807, 2.05) is 0 Å². The molecule has 0 fully saturated rings. The lowest BCUT2D eigenvalue weighted by molar-refractivity contribution is 0.661. The van der Waals surface area contributed by atoms with E-state index in [0.29, 0.717) is 0 Å². The van der Waals surface area contributed by atoms with Crippen molar-refractivity contribution >= 4 is 44.7 Å². The summed E-state index contributed by atoms with van der Waals surface area (Å²) >= 11 is 2.43. The number of benzene rings is 3. The van der Waals surface area contributed by atoms with Crippen LogP contribution in [0.5, 0.6) is 0 Å². The van der Waals surface area contributed by atoms with Crippen LogP contribution in [0.1, 0.15) is 30.5 Å². The van der Waals surface area contributed by atoms with E-state index in [4.69, 9.17) is 0 Å². The number of fused-ring (bicyclic) bond motifs is 7. The second kappa shape index (κ2) is 4.63. The van der Waals surface area contributed by atoms with Crippen molar-refractivity contribution in [1.82, 2.24) is 2.78 Å². The Balaban J connectivity index is 2.07. The molecule has 0 aliphatic heterocycles. The summed E-state index contributed by atoms with van der Waals surface area (Å²) in [5.74, 6) is 0. The fourth-order valence-electron chi connectivity index (χ4n) is 4.37. The Hall–Kier alpha value is -1.81. The van der Waals surface area contributed by atoms with Gasteiger partial charge in [-0.1, -0.05) is 55.8 Å². The summed E-state index contributed by atoms with van der Waals surface area (Å²) in [5, 5.41) is 2.77. The van der Waals surface area contributed by atoms with Crippen molar-refractivity contribution in [2.24, 2.45) is 0 Å². The summed E-state index contributed by atoms with van der Waals surface area (Å²) in [6.07, 6.45) is 0. The lowest BCUT2D eigenvalue weighted by atomic mass is 9.82. The van der Waals surface area contributed by atoms with Gasteiger partial charge in [-0.2, -0.15) is 0 Å². The predicted octanol–water partition coefficient (Wildman–Crippen LogP) is 6.61. The van der Waals surface area contributed by atoms with Crippen LogP contribution in [0.4, 0.5) is 0 Å². The zero-order chi connectivity index (χ0) is 16.6. The Morgan fingerprint density at radius 2 is 1.62 bits per heavy atom. The smallest absolute Gasteiger partial charge is 0.0646 e. The second-order valence-electron chi connectivity index (χ2n) is 7.35. The van der Waals surface area contributed by atoms with E-state index in [-0.39, 0.29) is 5.41 Å². The molecule has 0 N–H and O–H groups in total. The summed E-state index contributed by atoms with van der Waals surface area (Å²) in [4.78, 5) is 0. The summed E-state index contributed by atoms with van der Waals surface area (Å²) in [6, 6.07) is 20.3. The van der Waals surface area contributed by atoms with Gasteiger partial charge in [0.2, 0.25) is 0 Å². The molecule has 5 rings (SSSR count). The normalized spacial score (nSPS) is 15.0. The third kappa shape index (κ3) is 1.65. The standard InChI is InChI=1S/C22H18IN/c1-13-8-10-18-15(12-13)21-19(24(18)23)11-9-17-20(21)14-6-4-5-7-16(14)22(17,2)3/h4-12H,1-3H3. The number of aryl methyl sites for hydroxylation is 1. The molecule has 24 heavy (non-hydrogen) atoms. The molecule has 0 unspecified atom stereocenters. The highest BCUT2D eigenvalue weighted by molar-refractivity contribution is 14.1. The molecule has 118 valence electrons. The molecular weight excluding hydrogens is 405 g/mol. The quantitative estimate of drug-likeness (QED) is 0.281. The molecule has 1 aliphatic carbocycles. The first-order chi connectivity index (χ1) is 11.5. The first-order valence-electron chi connectivity index (χ1n) is 8.34. The van der Waals surface area contributed by atoms with Gasteiger partial charge in [-0.3, -0.25) is 2.78 Å². The monoisotopic (exact) mass is 423 g/mol.